The number of amides is 2. The quantitative estimate of drug-likeness (QED) is 0.741. The van der Waals surface area contributed by atoms with E-state index in [4.69, 9.17) is 14.2 Å². The van der Waals surface area contributed by atoms with E-state index in [2.05, 4.69) is 5.32 Å². The van der Waals surface area contributed by atoms with Crippen molar-refractivity contribution in [3.8, 4) is 11.5 Å². The number of nitrogens with zero attached hydrogens (tertiary/aromatic N) is 1. The standard InChI is InChI=1S/C23H28N2O5S/c1-28-18-4-5-19(29-2)17(12-18)14-24-22(26)15-3-6-20-16(11-15)13-21(31-20)23(27)25-7-9-30-10-8-25/h4-5,12-13,15H,3,6-11,14H2,1-2H3,(H,24,26)/t15-/m0/s1. The van der Waals surface area contributed by atoms with E-state index < -0.39 is 0 Å². The molecule has 0 bridgehead atoms. The van der Waals surface area contributed by atoms with Gasteiger partial charge in [0.05, 0.1) is 32.3 Å². The van der Waals surface area contributed by atoms with Gasteiger partial charge in [-0.3, -0.25) is 9.59 Å². The second kappa shape index (κ2) is 9.70. The summed E-state index contributed by atoms with van der Waals surface area (Å²) in [5, 5.41) is 3.05. The molecule has 2 heterocycles. The van der Waals surface area contributed by atoms with Gasteiger partial charge in [0.15, 0.2) is 0 Å². The highest BCUT2D eigenvalue weighted by molar-refractivity contribution is 7.14. The normalized spacial score (nSPS) is 18.3. The number of aryl methyl sites for hydroxylation is 1. The minimum absolute atomic E-state index is 0.0304. The number of benzene rings is 1. The van der Waals surface area contributed by atoms with Crippen LogP contribution in [-0.4, -0.2) is 57.2 Å². The number of fused-ring (bicyclic) bond motifs is 1. The number of rotatable bonds is 6. The van der Waals surface area contributed by atoms with Gasteiger partial charge in [-0.25, -0.2) is 0 Å². The van der Waals surface area contributed by atoms with Crippen LogP contribution >= 0.6 is 11.3 Å². The first-order valence-corrected chi connectivity index (χ1v) is 11.4. The van der Waals surface area contributed by atoms with E-state index in [0.29, 0.717) is 39.3 Å². The molecule has 166 valence electrons. The number of hydrogen-bond acceptors (Lipinski definition) is 6. The maximum Gasteiger partial charge on any atom is 0.264 e. The van der Waals surface area contributed by atoms with Gasteiger partial charge in [-0.15, -0.1) is 11.3 Å². The summed E-state index contributed by atoms with van der Waals surface area (Å²) in [7, 11) is 3.23. The van der Waals surface area contributed by atoms with Gasteiger partial charge in [-0.1, -0.05) is 0 Å². The number of ether oxygens (including phenoxy) is 3. The third-order valence-electron chi connectivity index (χ3n) is 5.90. The molecule has 31 heavy (non-hydrogen) atoms. The summed E-state index contributed by atoms with van der Waals surface area (Å²) in [5.41, 5.74) is 2.01. The zero-order valence-electron chi connectivity index (χ0n) is 17.9. The first-order valence-electron chi connectivity index (χ1n) is 10.6. The lowest BCUT2D eigenvalue weighted by Gasteiger charge is -2.26. The molecule has 2 aromatic rings. The molecule has 0 radical (unpaired) electrons. The van der Waals surface area contributed by atoms with Crippen LogP contribution in [0.1, 0.15) is 32.1 Å². The molecule has 1 N–H and O–H groups in total. The van der Waals surface area contributed by atoms with Gasteiger partial charge in [-0.05, 0) is 49.1 Å². The monoisotopic (exact) mass is 444 g/mol. The van der Waals surface area contributed by atoms with Gasteiger partial charge < -0.3 is 24.4 Å². The van der Waals surface area contributed by atoms with Crippen molar-refractivity contribution in [3.05, 3.63) is 45.1 Å². The maximum atomic E-state index is 12.9. The Labute approximate surface area is 186 Å². The zero-order valence-corrected chi connectivity index (χ0v) is 18.8. The molecule has 7 nitrogen and oxygen atoms in total. The zero-order chi connectivity index (χ0) is 21.8. The predicted octanol–water partition coefficient (Wildman–Crippen LogP) is 2.66. The largest absolute Gasteiger partial charge is 0.497 e. The summed E-state index contributed by atoms with van der Waals surface area (Å²) < 4.78 is 16.0. The number of methoxy groups -OCH3 is 2. The fourth-order valence-electron chi connectivity index (χ4n) is 4.12. The highest BCUT2D eigenvalue weighted by atomic mass is 32.1. The Morgan fingerprint density at radius 1 is 1.19 bits per heavy atom. The lowest BCUT2D eigenvalue weighted by molar-refractivity contribution is -0.125. The Balaban J connectivity index is 1.38. The van der Waals surface area contributed by atoms with Gasteiger partial charge in [0.1, 0.15) is 11.5 Å². The lowest BCUT2D eigenvalue weighted by atomic mass is 9.87. The van der Waals surface area contributed by atoms with Crippen LogP contribution in [-0.2, 0) is 28.9 Å². The molecule has 2 aliphatic rings. The van der Waals surface area contributed by atoms with Crippen LogP contribution in [0.5, 0.6) is 11.5 Å². The Morgan fingerprint density at radius 3 is 2.74 bits per heavy atom. The average Bonchev–Trinajstić information content (AvgIpc) is 3.25. The fraction of sp³-hybridized carbons (Fsp3) is 0.478. The summed E-state index contributed by atoms with van der Waals surface area (Å²) in [6.45, 7) is 2.85. The van der Waals surface area contributed by atoms with E-state index in [0.717, 1.165) is 40.3 Å². The molecule has 1 atom stereocenters. The van der Waals surface area contributed by atoms with Crippen molar-refractivity contribution in [1.29, 1.82) is 0 Å². The number of morpholine rings is 1. The molecule has 2 amide bonds. The second-order valence-corrected chi connectivity index (χ2v) is 8.94. The summed E-state index contributed by atoms with van der Waals surface area (Å²) in [5.74, 6) is 1.46. The van der Waals surface area contributed by atoms with Crippen LogP contribution in [0.3, 0.4) is 0 Å². The maximum absolute atomic E-state index is 12.9. The van der Waals surface area contributed by atoms with Crippen molar-refractivity contribution in [3.63, 3.8) is 0 Å². The topological polar surface area (TPSA) is 77.1 Å². The molecule has 1 aliphatic heterocycles. The van der Waals surface area contributed by atoms with Crippen molar-refractivity contribution in [2.75, 3.05) is 40.5 Å². The van der Waals surface area contributed by atoms with Crippen LogP contribution in [0.25, 0.3) is 0 Å². The van der Waals surface area contributed by atoms with E-state index in [1.165, 1.54) is 4.88 Å². The van der Waals surface area contributed by atoms with Gasteiger partial charge in [0, 0.05) is 36.0 Å². The van der Waals surface area contributed by atoms with E-state index in [-0.39, 0.29) is 17.7 Å². The van der Waals surface area contributed by atoms with E-state index in [1.54, 1.807) is 25.6 Å². The molecule has 0 unspecified atom stereocenters. The first kappa shape index (κ1) is 21.6. The van der Waals surface area contributed by atoms with Crippen LogP contribution in [0.2, 0.25) is 0 Å². The molecular weight excluding hydrogens is 416 g/mol. The molecule has 0 saturated carbocycles. The first-order chi connectivity index (χ1) is 15.1. The Bertz CT molecular complexity index is 951. The molecule has 1 aliphatic carbocycles. The molecule has 1 aromatic carbocycles. The average molecular weight is 445 g/mol. The highest BCUT2D eigenvalue weighted by Crippen LogP contribution is 2.33. The minimum atomic E-state index is -0.0926. The van der Waals surface area contributed by atoms with E-state index in [9.17, 15) is 9.59 Å². The lowest BCUT2D eigenvalue weighted by Crippen LogP contribution is -2.40. The number of nitrogens with one attached hydrogen (secondary N) is 1. The second-order valence-electron chi connectivity index (χ2n) is 7.80. The number of carbonyl (C=O) groups is 2. The molecule has 1 fully saturated rings. The van der Waals surface area contributed by atoms with Gasteiger partial charge in [-0.2, -0.15) is 0 Å². The third-order valence-corrected chi connectivity index (χ3v) is 7.13. The molecule has 4 rings (SSSR count). The summed E-state index contributed by atoms with van der Waals surface area (Å²) in [4.78, 5) is 29.5. The Morgan fingerprint density at radius 2 is 2.00 bits per heavy atom. The fourth-order valence-corrected chi connectivity index (χ4v) is 5.30. The Hall–Kier alpha value is -2.58. The van der Waals surface area contributed by atoms with Crippen LogP contribution < -0.4 is 14.8 Å². The smallest absolute Gasteiger partial charge is 0.264 e. The van der Waals surface area contributed by atoms with Crippen molar-refractivity contribution in [2.24, 2.45) is 5.92 Å². The van der Waals surface area contributed by atoms with Crippen molar-refractivity contribution >= 4 is 23.2 Å². The van der Waals surface area contributed by atoms with E-state index >= 15 is 0 Å². The molecule has 8 heteroatoms. The molecule has 1 saturated heterocycles. The summed E-state index contributed by atoms with van der Waals surface area (Å²) in [6, 6.07) is 7.54. The summed E-state index contributed by atoms with van der Waals surface area (Å²) in [6.07, 6.45) is 2.29. The number of thiophene rings is 1. The van der Waals surface area contributed by atoms with Crippen LogP contribution in [0, 0.1) is 5.92 Å². The Kier molecular flexibility index (Phi) is 6.77. The predicted molar refractivity (Wildman–Crippen MR) is 118 cm³/mol. The molecule has 0 spiro atoms. The number of carbonyl (C=O) groups excluding carboxylic acids is 2. The van der Waals surface area contributed by atoms with Gasteiger partial charge >= 0.3 is 0 Å². The molecular formula is C23H28N2O5S. The van der Waals surface area contributed by atoms with Crippen molar-refractivity contribution in [1.82, 2.24) is 10.2 Å². The molecule has 1 aromatic heterocycles. The highest BCUT2D eigenvalue weighted by Gasteiger charge is 2.29. The van der Waals surface area contributed by atoms with E-state index in [1.807, 2.05) is 29.2 Å². The third kappa shape index (κ3) is 4.85. The van der Waals surface area contributed by atoms with Crippen molar-refractivity contribution in [2.45, 2.75) is 25.8 Å². The SMILES string of the molecule is COc1ccc(OC)c(CNC(=O)[C@H]2CCc3sc(C(=O)N4CCOCC4)cc3C2)c1. The number of hydrogen-bond donors (Lipinski definition) is 1. The van der Waals surface area contributed by atoms with Gasteiger partial charge in [0.2, 0.25) is 5.91 Å². The van der Waals surface area contributed by atoms with Crippen molar-refractivity contribution < 1.29 is 23.8 Å². The minimum Gasteiger partial charge on any atom is -0.497 e. The van der Waals surface area contributed by atoms with Crippen LogP contribution in [0.15, 0.2) is 24.3 Å². The van der Waals surface area contributed by atoms with Gasteiger partial charge in [0.25, 0.3) is 5.91 Å². The summed E-state index contributed by atoms with van der Waals surface area (Å²) >= 11 is 1.58. The van der Waals surface area contributed by atoms with Crippen LogP contribution in [0.4, 0.5) is 0 Å².